The molecule has 3 amide bonds. The smallest absolute Gasteiger partial charge is 0.397 e. The molecule has 0 aliphatic carbocycles. The predicted molar refractivity (Wildman–Crippen MR) is 81.4 cm³/mol. The first-order valence-electron chi connectivity index (χ1n) is 7.50. The summed E-state index contributed by atoms with van der Waals surface area (Å²) in [6.45, 7) is 2.89. The average molecular weight is 304 g/mol. The van der Waals surface area contributed by atoms with Crippen LogP contribution in [0.2, 0.25) is 0 Å². The minimum Gasteiger partial charge on any atom is -0.459 e. The minimum absolute atomic E-state index is 0.0884. The first-order chi connectivity index (χ1) is 10.6. The Morgan fingerprint density at radius 3 is 2.32 bits per heavy atom. The molecule has 2 rings (SSSR count). The Labute approximate surface area is 129 Å². The normalized spacial score (nSPS) is 14.3. The molecule has 0 spiro atoms. The third kappa shape index (κ3) is 3.63. The molecule has 0 unspecified atom stereocenters. The highest BCUT2D eigenvalue weighted by Gasteiger charge is 2.33. The number of amides is 3. The fourth-order valence-electron chi connectivity index (χ4n) is 2.40. The van der Waals surface area contributed by atoms with Gasteiger partial charge in [0.1, 0.15) is 0 Å². The number of piperidine rings is 1. The van der Waals surface area contributed by atoms with Crippen molar-refractivity contribution in [3.8, 4) is 0 Å². The summed E-state index contributed by atoms with van der Waals surface area (Å²) in [5.74, 6) is -1.97. The Morgan fingerprint density at radius 2 is 1.73 bits per heavy atom. The minimum atomic E-state index is -1.02. The lowest BCUT2D eigenvalue weighted by Gasteiger charge is -2.31. The van der Waals surface area contributed by atoms with Crippen molar-refractivity contribution in [2.75, 3.05) is 24.6 Å². The van der Waals surface area contributed by atoms with E-state index in [9.17, 15) is 14.4 Å². The Kier molecular flexibility index (Phi) is 5.52. The number of hydrogen-bond donors (Lipinski definition) is 0. The van der Waals surface area contributed by atoms with Crippen LogP contribution in [-0.4, -0.2) is 42.5 Å². The van der Waals surface area contributed by atoms with Crippen molar-refractivity contribution in [2.45, 2.75) is 26.2 Å². The van der Waals surface area contributed by atoms with E-state index in [2.05, 4.69) is 0 Å². The zero-order valence-corrected chi connectivity index (χ0v) is 12.7. The number of rotatable bonds is 2. The molecule has 0 N–H and O–H groups in total. The maximum Gasteiger partial charge on any atom is 0.397 e. The number of urea groups is 1. The average Bonchev–Trinajstić information content (AvgIpc) is 2.57. The van der Waals surface area contributed by atoms with E-state index in [1.165, 1.54) is 0 Å². The van der Waals surface area contributed by atoms with Gasteiger partial charge >= 0.3 is 17.9 Å². The molecule has 1 heterocycles. The Bertz CT molecular complexity index is 538. The SMILES string of the molecule is CCOC(=O)C(=O)N(C(=O)N1CCCCC1)c1ccccc1. The van der Waals surface area contributed by atoms with E-state index in [0.717, 1.165) is 24.2 Å². The molecule has 0 atom stereocenters. The number of benzene rings is 1. The van der Waals surface area contributed by atoms with E-state index in [1.54, 1.807) is 42.2 Å². The first kappa shape index (κ1) is 16.0. The van der Waals surface area contributed by atoms with Crippen molar-refractivity contribution in [1.82, 2.24) is 4.90 Å². The van der Waals surface area contributed by atoms with Gasteiger partial charge in [0.2, 0.25) is 0 Å². The number of carbonyl (C=O) groups excluding carboxylic acids is 3. The van der Waals surface area contributed by atoms with Gasteiger partial charge < -0.3 is 9.64 Å². The van der Waals surface area contributed by atoms with Crippen LogP contribution in [-0.2, 0) is 14.3 Å². The Balaban J connectivity index is 2.27. The lowest BCUT2D eigenvalue weighted by atomic mass is 10.1. The molecule has 1 fully saturated rings. The number of nitrogens with zero attached hydrogens (tertiary/aromatic N) is 2. The van der Waals surface area contributed by atoms with Crippen molar-refractivity contribution in [3.05, 3.63) is 30.3 Å². The van der Waals surface area contributed by atoms with Gasteiger partial charge in [0.05, 0.1) is 12.3 Å². The summed E-state index contributed by atoms with van der Waals surface area (Å²) >= 11 is 0. The summed E-state index contributed by atoms with van der Waals surface area (Å²) in [4.78, 5) is 39.3. The van der Waals surface area contributed by atoms with Gasteiger partial charge in [0.15, 0.2) is 0 Å². The number of carbonyl (C=O) groups is 3. The Hall–Kier alpha value is -2.37. The van der Waals surface area contributed by atoms with Crippen LogP contribution in [0.15, 0.2) is 30.3 Å². The molecule has 6 heteroatoms. The molecule has 118 valence electrons. The van der Waals surface area contributed by atoms with E-state index >= 15 is 0 Å². The van der Waals surface area contributed by atoms with Crippen LogP contribution in [0.1, 0.15) is 26.2 Å². The molecule has 0 radical (unpaired) electrons. The fraction of sp³-hybridized carbons (Fsp3) is 0.438. The molecule has 0 bridgehead atoms. The molecule has 6 nitrogen and oxygen atoms in total. The number of imide groups is 1. The van der Waals surface area contributed by atoms with Crippen molar-refractivity contribution in [3.63, 3.8) is 0 Å². The van der Waals surface area contributed by atoms with Gasteiger partial charge in [-0.25, -0.2) is 14.5 Å². The number of likely N-dealkylation sites (tertiary alicyclic amines) is 1. The number of hydrogen-bond acceptors (Lipinski definition) is 4. The molecule has 0 saturated carbocycles. The predicted octanol–water partition coefficient (Wildman–Crippen LogP) is 2.19. The number of ether oxygens (including phenoxy) is 1. The molecule has 1 aromatic rings. The maximum absolute atomic E-state index is 12.7. The molecule has 22 heavy (non-hydrogen) atoms. The highest BCUT2D eigenvalue weighted by Crippen LogP contribution is 2.19. The van der Waals surface area contributed by atoms with Gasteiger partial charge in [0, 0.05) is 13.1 Å². The second-order valence-electron chi connectivity index (χ2n) is 5.03. The van der Waals surface area contributed by atoms with Crippen LogP contribution in [0.4, 0.5) is 10.5 Å². The summed E-state index contributed by atoms with van der Waals surface area (Å²) in [6, 6.07) is 7.98. The summed E-state index contributed by atoms with van der Waals surface area (Å²) in [6.07, 6.45) is 2.88. The fourth-order valence-corrected chi connectivity index (χ4v) is 2.40. The second-order valence-corrected chi connectivity index (χ2v) is 5.03. The highest BCUT2D eigenvalue weighted by molar-refractivity contribution is 6.43. The molecule has 1 saturated heterocycles. The van der Waals surface area contributed by atoms with Crippen LogP contribution in [0.3, 0.4) is 0 Å². The van der Waals surface area contributed by atoms with Gasteiger partial charge in [-0.15, -0.1) is 0 Å². The van der Waals surface area contributed by atoms with Crippen molar-refractivity contribution < 1.29 is 19.1 Å². The molecular weight excluding hydrogens is 284 g/mol. The van der Waals surface area contributed by atoms with Crippen LogP contribution in [0, 0.1) is 0 Å². The van der Waals surface area contributed by atoms with E-state index in [4.69, 9.17) is 4.74 Å². The van der Waals surface area contributed by atoms with Crippen LogP contribution >= 0.6 is 0 Å². The topological polar surface area (TPSA) is 66.9 Å². The van der Waals surface area contributed by atoms with E-state index in [0.29, 0.717) is 18.8 Å². The van der Waals surface area contributed by atoms with Crippen LogP contribution < -0.4 is 4.90 Å². The second kappa shape index (κ2) is 7.59. The summed E-state index contributed by atoms with van der Waals surface area (Å²) in [5.41, 5.74) is 0.371. The van der Waals surface area contributed by atoms with E-state index in [-0.39, 0.29) is 6.61 Å². The molecule has 1 aliphatic rings. The van der Waals surface area contributed by atoms with E-state index < -0.39 is 17.9 Å². The molecular formula is C16H20N2O4. The quantitative estimate of drug-likeness (QED) is 0.620. The Morgan fingerprint density at radius 1 is 1.09 bits per heavy atom. The third-order valence-corrected chi connectivity index (χ3v) is 3.49. The lowest BCUT2D eigenvalue weighted by molar-refractivity contribution is -0.153. The van der Waals surface area contributed by atoms with Crippen molar-refractivity contribution >= 4 is 23.6 Å². The number of anilines is 1. The standard InChI is InChI=1S/C16H20N2O4/c1-2-22-15(20)14(19)18(13-9-5-3-6-10-13)16(21)17-11-7-4-8-12-17/h3,5-6,9-10H,2,4,7-8,11-12H2,1H3. The largest absolute Gasteiger partial charge is 0.459 e. The van der Waals surface area contributed by atoms with Gasteiger partial charge in [-0.05, 0) is 38.3 Å². The van der Waals surface area contributed by atoms with Crippen molar-refractivity contribution in [2.24, 2.45) is 0 Å². The van der Waals surface area contributed by atoms with Gasteiger partial charge in [-0.1, -0.05) is 18.2 Å². The zero-order valence-electron chi connectivity index (χ0n) is 12.7. The monoisotopic (exact) mass is 304 g/mol. The van der Waals surface area contributed by atoms with E-state index in [1.807, 2.05) is 0 Å². The van der Waals surface area contributed by atoms with Crippen LogP contribution in [0.5, 0.6) is 0 Å². The lowest BCUT2D eigenvalue weighted by Crippen LogP contribution is -2.50. The van der Waals surface area contributed by atoms with Gasteiger partial charge in [-0.2, -0.15) is 0 Å². The van der Waals surface area contributed by atoms with Crippen molar-refractivity contribution in [1.29, 1.82) is 0 Å². The maximum atomic E-state index is 12.7. The molecule has 1 aliphatic heterocycles. The molecule has 1 aromatic carbocycles. The zero-order chi connectivity index (χ0) is 15.9. The summed E-state index contributed by atoms with van der Waals surface area (Å²) < 4.78 is 4.74. The first-order valence-corrected chi connectivity index (χ1v) is 7.50. The highest BCUT2D eigenvalue weighted by atomic mass is 16.5. The van der Waals surface area contributed by atoms with Gasteiger partial charge in [0.25, 0.3) is 0 Å². The summed E-state index contributed by atoms with van der Waals surface area (Å²) in [7, 11) is 0. The number of esters is 1. The molecule has 0 aromatic heterocycles. The third-order valence-electron chi connectivity index (χ3n) is 3.49. The van der Waals surface area contributed by atoms with Crippen LogP contribution in [0.25, 0.3) is 0 Å². The summed E-state index contributed by atoms with van der Waals surface area (Å²) in [5, 5.41) is 0. The van der Waals surface area contributed by atoms with Gasteiger partial charge in [-0.3, -0.25) is 4.79 Å². The number of para-hydroxylation sites is 1.